The molecule has 0 bridgehead atoms. The normalized spacial score (nSPS) is 15.4. The molecule has 1 unspecified atom stereocenters. The van der Waals surface area contributed by atoms with Crippen molar-refractivity contribution in [2.45, 2.75) is 54.4 Å². The van der Waals surface area contributed by atoms with Crippen LogP contribution in [0.15, 0.2) is 11.6 Å². The van der Waals surface area contributed by atoms with Crippen LogP contribution in [0.5, 0.6) is 0 Å². The highest BCUT2D eigenvalue weighted by atomic mass is 16.1. The maximum absolute atomic E-state index is 11.0. The van der Waals surface area contributed by atoms with Crippen molar-refractivity contribution in [1.29, 1.82) is 0 Å². The van der Waals surface area contributed by atoms with E-state index in [-0.39, 0.29) is 5.78 Å². The zero-order chi connectivity index (χ0) is 11.4. The molecule has 0 aliphatic rings. The van der Waals surface area contributed by atoms with Crippen LogP contribution in [0.4, 0.5) is 0 Å². The number of hydrogen-bond donors (Lipinski definition) is 0. The van der Waals surface area contributed by atoms with Gasteiger partial charge in [-0.2, -0.15) is 0 Å². The molecule has 0 aromatic heterocycles. The number of hydrogen-bond acceptors (Lipinski definition) is 1. The monoisotopic (exact) mass is 196 g/mol. The van der Waals surface area contributed by atoms with E-state index in [1.807, 2.05) is 6.92 Å². The Morgan fingerprint density at radius 3 is 2.14 bits per heavy atom. The van der Waals surface area contributed by atoms with Gasteiger partial charge in [0.1, 0.15) is 0 Å². The molecular formula is C13H24O. The average Bonchev–Trinajstić information content (AvgIpc) is 1.96. The Kier molecular flexibility index (Phi) is 5.11. The fourth-order valence-corrected chi connectivity index (χ4v) is 1.65. The van der Waals surface area contributed by atoms with Gasteiger partial charge in [-0.3, -0.25) is 4.79 Å². The lowest BCUT2D eigenvalue weighted by atomic mass is 9.84. The maximum Gasteiger partial charge on any atom is 0.155 e. The van der Waals surface area contributed by atoms with Gasteiger partial charge in [-0.05, 0) is 43.6 Å². The number of allylic oxidation sites excluding steroid dienone is 2. The van der Waals surface area contributed by atoms with Gasteiger partial charge in [-0.25, -0.2) is 0 Å². The summed E-state index contributed by atoms with van der Waals surface area (Å²) in [7, 11) is 0. The average molecular weight is 196 g/mol. The second-order valence-corrected chi connectivity index (χ2v) is 5.55. The zero-order valence-corrected chi connectivity index (χ0v) is 10.5. The molecule has 0 saturated heterocycles. The quantitative estimate of drug-likeness (QED) is 0.621. The van der Waals surface area contributed by atoms with Crippen molar-refractivity contribution in [1.82, 2.24) is 0 Å². The van der Waals surface area contributed by atoms with Gasteiger partial charge in [-0.1, -0.05) is 33.8 Å². The molecule has 14 heavy (non-hydrogen) atoms. The third kappa shape index (κ3) is 6.88. The Morgan fingerprint density at radius 1 is 1.29 bits per heavy atom. The number of ketones is 1. The van der Waals surface area contributed by atoms with E-state index in [1.54, 1.807) is 6.92 Å². The minimum absolute atomic E-state index is 0.188. The molecule has 0 saturated carbocycles. The molecule has 0 aromatic rings. The van der Waals surface area contributed by atoms with E-state index in [4.69, 9.17) is 0 Å². The predicted octanol–water partition coefficient (Wildman–Crippen LogP) is 3.98. The standard InChI is InChI=1S/C13H24O/c1-10(9-13(4,5)6)7-8-11(2)12(3)14/h8,10H,7,9H2,1-6H3/b11-8+. The van der Waals surface area contributed by atoms with Gasteiger partial charge in [0.05, 0.1) is 0 Å². The molecular weight excluding hydrogens is 172 g/mol. The molecule has 0 rings (SSSR count). The molecule has 0 heterocycles. The Hall–Kier alpha value is -0.590. The van der Waals surface area contributed by atoms with Crippen molar-refractivity contribution in [2.75, 3.05) is 0 Å². The van der Waals surface area contributed by atoms with Gasteiger partial charge in [0.2, 0.25) is 0 Å². The van der Waals surface area contributed by atoms with E-state index in [2.05, 4.69) is 33.8 Å². The Balaban J connectivity index is 4.03. The SMILES string of the molecule is CC(=O)/C(C)=C/CC(C)CC(C)(C)C. The second kappa shape index (κ2) is 5.33. The third-order valence-corrected chi connectivity index (χ3v) is 2.34. The van der Waals surface area contributed by atoms with E-state index in [0.717, 1.165) is 12.0 Å². The first-order valence-corrected chi connectivity index (χ1v) is 5.40. The van der Waals surface area contributed by atoms with Crippen LogP contribution in [-0.2, 0) is 4.79 Å². The van der Waals surface area contributed by atoms with Gasteiger partial charge < -0.3 is 0 Å². The van der Waals surface area contributed by atoms with E-state index in [0.29, 0.717) is 11.3 Å². The van der Waals surface area contributed by atoms with Crippen LogP contribution < -0.4 is 0 Å². The summed E-state index contributed by atoms with van der Waals surface area (Å²) in [5.74, 6) is 0.845. The third-order valence-electron chi connectivity index (χ3n) is 2.34. The minimum Gasteiger partial charge on any atom is -0.295 e. The molecule has 0 fully saturated rings. The number of carbonyl (C=O) groups excluding carboxylic acids is 1. The molecule has 0 amide bonds. The zero-order valence-electron chi connectivity index (χ0n) is 10.5. The fraction of sp³-hybridized carbons (Fsp3) is 0.769. The van der Waals surface area contributed by atoms with Gasteiger partial charge in [-0.15, -0.1) is 0 Å². The Morgan fingerprint density at radius 2 is 1.79 bits per heavy atom. The van der Waals surface area contributed by atoms with E-state index >= 15 is 0 Å². The molecule has 0 radical (unpaired) electrons. The highest BCUT2D eigenvalue weighted by molar-refractivity contribution is 5.92. The van der Waals surface area contributed by atoms with Gasteiger partial charge >= 0.3 is 0 Å². The van der Waals surface area contributed by atoms with E-state index in [1.165, 1.54) is 6.42 Å². The summed E-state index contributed by atoms with van der Waals surface area (Å²) in [5, 5.41) is 0. The first kappa shape index (κ1) is 13.4. The summed E-state index contributed by atoms with van der Waals surface area (Å²) in [6.07, 6.45) is 4.29. The van der Waals surface area contributed by atoms with Crippen molar-refractivity contribution >= 4 is 5.78 Å². The van der Waals surface area contributed by atoms with Crippen LogP contribution in [-0.4, -0.2) is 5.78 Å². The highest BCUT2D eigenvalue weighted by Gasteiger charge is 2.14. The van der Waals surface area contributed by atoms with Crippen molar-refractivity contribution in [2.24, 2.45) is 11.3 Å². The number of Topliss-reactive ketones (excluding diaryl/α,β-unsaturated/α-hetero) is 1. The molecule has 0 aliphatic carbocycles. The molecule has 0 spiro atoms. The van der Waals surface area contributed by atoms with Crippen LogP contribution in [0, 0.1) is 11.3 Å². The second-order valence-electron chi connectivity index (χ2n) is 5.55. The summed E-state index contributed by atoms with van der Waals surface area (Å²) in [4.78, 5) is 11.0. The van der Waals surface area contributed by atoms with E-state index < -0.39 is 0 Å². The van der Waals surface area contributed by atoms with Gasteiger partial charge in [0.25, 0.3) is 0 Å². The smallest absolute Gasteiger partial charge is 0.155 e. The molecule has 0 N–H and O–H groups in total. The Labute approximate surface area is 88.6 Å². The van der Waals surface area contributed by atoms with Crippen molar-refractivity contribution in [3.63, 3.8) is 0 Å². The molecule has 1 heteroatoms. The van der Waals surface area contributed by atoms with Crippen molar-refractivity contribution in [3.8, 4) is 0 Å². The fourth-order valence-electron chi connectivity index (χ4n) is 1.65. The van der Waals surface area contributed by atoms with Crippen LogP contribution in [0.25, 0.3) is 0 Å². The summed E-state index contributed by atoms with van der Waals surface area (Å²) in [5.41, 5.74) is 1.28. The minimum atomic E-state index is 0.188. The first-order valence-electron chi connectivity index (χ1n) is 5.40. The Bertz CT molecular complexity index is 218. The van der Waals surface area contributed by atoms with Crippen LogP contribution in [0.1, 0.15) is 54.4 Å². The number of rotatable bonds is 4. The van der Waals surface area contributed by atoms with Crippen molar-refractivity contribution in [3.05, 3.63) is 11.6 Å². The van der Waals surface area contributed by atoms with Gasteiger partial charge in [0.15, 0.2) is 5.78 Å². The molecule has 0 aromatic carbocycles. The van der Waals surface area contributed by atoms with Crippen LogP contribution >= 0.6 is 0 Å². The molecule has 0 aliphatic heterocycles. The van der Waals surface area contributed by atoms with Crippen molar-refractivity contribution < 1.29 is 4.79 Å². The molecule has 82 valence electrons. The summed E-state index contributed by atoms with van der Waals surface area (Å²) >= 11 is 0. The number of carbonyl (C=O) groups is 1. The first-order chi connectivity index (χ1) is 6.22. The highest BCUT2D eigenvalue weighted by Crippen LogP contribution is 2.26. The maximum atomic E-state index is 11.0. The predicted molar refractivity (Wildman–Crippen MR) is 62.3 cm³/mol. The summed E-state index contributed by atoms with van der Waals surface area (Å²) in [6.45, 7) is 12.5. The van der Waals surface area contributed by atoms with Crippen LogP contribution in [0.2, 0.25) is 0 Å². The van der Waals surface area contributed by atoms with Gasteiger partial charge in [0, 0.05) is 0 Å². The molecule has 1 nitrogen and oxygen atoms in total. The lowest BCUT2D eigenvalue weighted by molar-refractivity contribution is -0.113. The van der Waals surface area contributed by atoms with Crippen LogP contribution in [0.3, 0.4) is 0 Å². The largest absolute Gasteiger partial charge is 0.295 e. The van der Waals surface area contributed by atoms with E-state index in [9.17, 15) is 4.79 Å². The molecule has 1 atom stereocenters. The summed E-state index contributed by atoms with van der Waals surface area (Å²) in [6, 6.07) is 0. The summed E-state index contributed by atoms with van der Waals surface area (Å²) < 4.78 is 0. The topological polar surface area (TPSA) is 17.1 Å². The lowest BCUT2D eigenvalue weighted by Crippen LogP contribution is -2.10. The lowest BCUT2D eigenvalue weighted by Gasteiger charge is -2.22.